The van der Waals surface area contributed by atoms with Gasteiger partial charge >= 0.3 is 0 Å². The number of nitrogens with one attached hydrogen (secondary N) is 1. The van der Waals surface area contributed by atoms with Crippen LogP contribution in [-0.2, 0) is 11.4 Å². The largest absolute Gasteiger partial charge is 0.306 e. The zero-order valence-corrected chi connectivity index (χ0v) is 10.1. The molecule has 1 heterocycles. The van der Waals surface area contributed by atoms with Crippen molar-refractivity contribution in [3.05, 3.63) is 35.4 Å². The first-order chi connectivity index (χ1) is 7.79. The number of benzene rings is 1. The van der Waals surface area contributed by atoms with E-state index in [-0.39, 0.29) is 0 Å². The van der Waals surface area contributed by atoms with Crippen LogP contribution in [0.25, 0.3) is 0 Å². The SMILES string of the molecule is CONCc1cccc(C2CCN(C)C2)c1. The fourth-order valence-corrected chi connectivity index (χ4v) is 2.32. The minimum Gasteiger partial charge on any atom is -0.306 e. The van der Waals surface area contributed by atoms with E-state index in [9.17, 15) is 0 Å². The molecule has 3 heteroatoms. The van der Waals surface area contributed by atoms with E-state index in [4.69, 9.17) is 4.84 Å². The highest BCUT2D eigenvalue weighted by molar-refractivity contribution is 5.27. The molecule has 1 aliphatic rings. The normalized spacial score (nSPS) is 21.5. The van der Waals surface area contributed by atoms with Crippen LogP contribution in [0.5, 0.6) is 0 Å². The van der Waals surface area contributed by atoms with Crippen LogP contribution in [0.2, 0.25) is 0 Å². The molecule has 0 spiro atoms. The summed E-state index contributed by atoms with van der Waals surface area (Å²) >= 11 is 0. The molecule has 1 aliphatic heterocycles. The Kier molecular flexibility index (Phi) is 3.93. The summed E-state index contributed by atoms with van der Waals surface area (Å²) in [5.41, 5.74) is 5.62. The maximum Gasteiger partial charge on any atom is 0.0572 e. The lowest BCUT2D eigenvalue weighted by atomic mass is 9.97. The molecule has 16 heavy (non-hydrogen) atoms. The second-order valence-electron chi connectivity index (χ2n) is 4.52. The van der Waals surface area contributed by atoms with Gasteiger partial charge in [-0.25, -0.2) is 0 Å². The van der Waals surface area contributed by atoms with Crippen LogP contribution in [0.15, 0.2) is 24.3 Å². The van der Waals surface area contributed by atoms with E-state index < -0.39 is 0 Å². The second kappa shape index (κ2) is 5.43. The maximum absolute atomic E-state index is 4.87. The third kappa shape index (κ3) is 2.82. The van der Waals surface area contributed by atoms with E-state index in [0.717, 1.165) is 6.54 Å². The summed E-state index contributed by atoms with van der Waals surface area (Å²) in [4.78, 5) is 7.26. The summed E-state index contributed by atoms with van der Waals surface area (Å²) in [5, 5.41) is 0. The van der Waals surface area contributed by atoms with Crippen molar-refractivity contribution in [1.29, 1.82) is 0 Å². The van der Waals surface area contributed by atoms with Crippen molar-refractivity contribution in [2.45, 2.75) is 18.9 Å². The Balaban J connectivity index is 2.04. The summed E-state index contributed by atoms with van der Waals surface area (Å²) in [6.45, 7) is 3.17. The fourth-order valence-electron chi connectivity index (χ4n) is 2.32. The summed E-state index contributed by atoms with van der Waals surface area (Å²) in [7, 11) is 3.84. The first kappa shape index (κ1) is 11.6. The smallest absolute Gasteiger partial charge is 0.0572 e. The molecule has 1 aromatic rings. The Morgan fingerprint density at radius 2 is 2.38 bits per heavy atom. The summed E-state index contributed by atoms with van der Waals surface area (Å²) in [6.07, 6.45) is 1.28. The Bertz CT molecular complexity index is 340. The number of nitrogens with zero attached hydrogens (tertiary/aromatic N) is 1. The Morgan fingerprint density at radius 3 is 3.06 bits per heavy atom. The van der Waals surface area contributed by atoms with Crippen LogP contribution < -0.4 is 5.48 Å². The van der Waals surface area contributed by atoms with Gasteiger partial charge in [-0.05, 0) is 37.1 Å². The molecule has 0 bridgehead atoms. The molecule has 1 N–H and O–H groups in total. The lowest BCUT2D eigenvalue weighted by molar-refractivity contribution is 0.0867. The van der Waals surface area contributed by atoms with Gasteiger partial charge in [0.15, 0.2) is 0 Å². The average Bonchev–Trinajstić information content (AvgIpc) is 2.74. The Hall–Kier alpha value is -0.900. The van der Waals surface area contributed by atoms with Gasteiger partial charge in [0.05, 0.1) is 7.11 Å². The van der Waals surface area contributed by atoms with E-state index in [2.05, 4.69) is 41.7 Å². The summed E-state index contributed by atoms with van der Waals surface area (Å²) in [6, 6.07) is 8.80. The fraction of sp³-hybridized carbons (Fsp3) is 0.538. The average molecular weight is 220 g/mol. The number of hydrogen-bond acceptors (Lipinski definition) is 3. The van der Waals surface area contributed by atoms with Crippen molar-refractivity contribution < 1.29 is 4.84 Å². The molecular weight excluding hydrogens is 200 g/mol. The van der Waals surface area contributed by atoms with Crippen molar-refractivity contribution in [2.75, 3.05) is 27.2 Å². The van der Waals surface area contributed by atoms with Crippen molar-refractivity contribution in [3.8, 4) is 0 Å². The lowest BCUT2D eigenvalue weighted by Gasteiger charge is -2.12. The Labute approximate surface area is 97.4 Å². The van der Waals surface area contributed by atoms with Crippen LogP contribution in [0.1, 0.15) is 23.5 Å². The predicted octanol–water partition coefficient (Wildman–Crippen LogP) is 1.76. The monoisotopic (exact) mass is 220 g/mol. The van der Waals surface area contributed by atoms with Crippen LogP contribution in [0.4, 0.5) is 0 Å². The summed E-state index contributed by atoms with van der Waals surface area (Å²) < 4.78 is 0. The molecule has 1 unspecified atom stereocenters. The van der Waals surface area contributed by atoms with Gasteiger partial charge in [0.2, 0.25) is 0 Å². The van der Waals surface area contributed by atoms with Crippen LogP contribution in [-0.4, -0.2) is 32.1 Å². The highest BCUT2D eigenvalue weighted by atomic mass is 16.6. The zero-order valence-electron chi connectivity index (χ0n) is 10.1. The number of hydroxylamine groups is 1. The summed E-state index contributed by atoms with van der Waals surface area (Å²) in [5.74, 6) is 0.701. The van der Waals surface area contributed by atoms with E-state index in [1.54, 1.807) is 7.11 Å². The predicted molar refractivity (Wildman–Crippen MR) is 65.1 cm³/mol. The van der Waals surface area contributed by atoms with Gasteiger partial charge < -0.3 is 9.74 Å². The Morgan fingerprint density at radius 1 is 1.50 bits per heavy atom. The molecule has 0 aliphatic carbocycles. The number of likely N-dealkylation sites (N-methyl/N-ethyl adjacent to an activating group) is 1. The van der Waals surface area contributed by atoms with Crippen molar-refractivity contribution >= 4 is 0 Å². The lowest BCUT2D eigenvalue weighted by Crippen LogP contribution is -2.14. The third-order valence-electron chi connectivity index (χ3n) is 3.23. The molecule has 1 saturated heterocycles. The molecule has 1 aromatic carbocycles. The molecule has 2 rings (SSSR count). The van der Waals surface area contributed by atoms with Gasteiger partial charge in [0.1, 0.15) is 0 Å². The van der Waals surface area contributed by atoms with Gasteiger partial charge in [0, 0.05) is 13.1 Å². The second-order valence-corrected chi connectivity index (χ2v) is 4.52. The van der Waals surface area contributed by atoms with Crippen LogP contribution in [0.3, 0.4) is 0 Å². The quantitative estimate of drug-likeness (QED) is 0.782. The van der Waals surface area contributed by atoms with Crippen LogP contribution >= 0.6 is 0 Å². The van der Waals surface area contributed by atoms with E-state index >= 15 is 0 Å². The van der Waals surface area contributed by atoms with Crippen molar-refractivity contribution in [1.82, 2.24) is 10.4 Å². The molecule has 0 radical (unpaired) electrons. The zero-order chi connectivity index (χ0) is 11.4. The standard InChI is InChI=1S/C13H20N2O/c1-15-7-6-13(10-15)12-5-3-4-11(8-12)9-14-16-2/h3-5,8,13-14H,6-7,9-10H2,1-2H3. The molecule has 0 saturated carbocycles. The number of likely N-dealkylation sites (tertiary alicyclic amines) is 1. The van der Waals surface area contributed by atoms with Crippen molar-refractivity contribution in [2.24, 2.45) is 0 Å². The van der Waals surface area contributed by atoms with Gasteiger partial charge in [-0.2, -0.15) is 5.48 Å². The number of rotatable bonds is 4. The minimum absolute atomic E-state index is 0.701. The molecule has 3 nitrogen and oxygen atoms in total. The molecule has 0 aromatic heterocycles. The maximum atomic E-state index is 4.87. The van der Waals surface area contributed by atoms with Gasteiger partial charge in [-0.1, -0.05) is 24.3 Å². The van der Waals surface area contributed by atoms with Gasteiger partial charge in [-0.15, -0.1) is 0 Å². The molecule has 0 amide bonds. The first-order valence-corrected chi connectivity index (χ1v) is 5.83. The van der Waals surface area contributed by atoms with Gasteiger partial charge in [-0.3, -0.25) is 0 Å². The van der Waals surface area contributed by atoms with E-state index in [1.807, 2.05) is 0 Å². The highest BCUT2D eigenvalue weighted by Gasteiger charge is 2.20. The van der Waals surface area contributed by atoms with E-state index in [1.165, 1.54) is 30.6 Å². The minimum atomic E-state index is 0.701. The van der Waals surface area contributed by atoms with Crippen molar-refractivity contribution in [3.63, 3.8) is 0 Å². The van der Waals surface area contributed by atoms with Gasteiger partial charge in [0.25, 0.3) is 0 Å². The van der Waals surface area contributed by atoms with E-state index in [0.29, 0.717) is 5.92 Å². The third-order valence-corrected chi connectivity index (χ3v) is 3.23. The first-order valence-electron chi connectivity index (χ1n) is 5.83. The molecule has 1 fully saturated rings. The number of hydrogen-bond donors (Lipinski definition) is 1. The molecule has 1 atom stereocenters. The molecule has 88 valence electrons. The topological polar surface area (TPSA) is 24.5 Å². The van der Waals surface area contributed by atoms with Crippen LogP contribution in [0, 0.1) is 0 Å². The molecular formula is C13H20N2O. The highest BCUT2D eigenvalue weighted by Crippen LogP contribution is 2.26.